The molecule has 1 aliphatic heterocycles. The van der Waals surface area contributed by atoms with Crippen LogP contribution in [0.1, 0.15) is 328 Å². The lowest BCUT2D eigenvalue weighted by molar-refractivity contribution is -0.303. The summed E-state index contributed by atoms with van der Waals surface area (Å²) in [4.78, 5) is 13.2. The van der Waals surface area contributed by atoms with Crippen LogP contribution in [0, 0.1) is 0 Å². The third-order valence-corrected chi connectivity index (χ3v) is 16.2. The number of rotatable bonds is 57. The fourth-order valence-corrected chi connectivity index (χ4v) is 10.9. The topological polar surface area (TPSA) is 189 Å². The molecule has 0 aliphatic carbocycles. The molecule has 0 aromatic rings. The van der Waals surface area contributed by atoms with Gasteiger partial charge < -0.3 is 50.5 Å². The number of nitrogens with one attached hydrogen (secondary N) is 1. The average Bonchev–Trinajstić information content (AvgIpc) is 3.40. The van der Waals surface area contributed by atoms with Crippen LogP contribution in [-0.4, -0.2) is 110 Å². The first-order valence-electron chi connectivity index (χ1n) is 32.4. The second-order valence-corrected chi connectivity index (χ2v) is 23.2. The largest absolute Gasteiger partial charge is 0.394 e. The van der Waals surface area contributed by atoms with Gasteiger partial charge in [-0.15, -0.1) is 0 Å². The van der Waals surface area contributed by atoms with Gasteiger partial charge in [0.25, 0.3) is 0 Å². The number of hydrogen-bond donors (Lipinski definition) is 8. The molecule has 0 saturated carbocycles. The third-order valence-electron chi connectivity index (χ3n) is 16.2. The fraction of sp³-hybridized carbons (Fsp3) is 0.984. The third kappa shape index (κ3) is 40.3. The summed E-state index contributed by atoms with van der Waals surface area (Å²) < 4.78 is 11.2. The molecule has 74 heavy (non-hydrogen) atoms. The van der Waals surface area contributed by atoms with Gasteiger partial charge in [-0.1, -0.05) is 316 Å². The highest BCUT2D eigenvalue weighted by Crippen LogP contribution is 2.24. The van der Waals surface area contributed by atoms with Gasteiger partial charge in [-0.05, 0) is 12.8 Å². The second kappa shape index (κ2) is 52.8. The summed E-state index contributed by atoms with van der Waals surface area (Å²) in [7, 11) is 0. The number of carbonyl (C=O) groups excluding carboxylic acids is 1. The zero-order chi connectivity index (χ0) is 54.0. The Hall–Kier alpha value is -0.890. The summed E-state index contributed by atoms with van der Waals surface area (Å²) in [5.74, 6) is -0.688. The van der Waals surface area contributed by atoms with E-state index in [4.69, 9.17) is 9.47 Å². The molecule has 1 aliphatic rings. The first-order chi connectivity index (χ1) is 36.2. The van der Waals surface area contributed by atoms with E-state index >= 15 is 0 Å². The van der Waals surface area contributed by atoms with E-state index in [1.165, 1.54) is 250 Å². The molecule has 9 atom stereocenters. The van der Waals surface area contributed by atoms with E-state index in [1.54, 1.807) is 0 Å². The Kier molecular flexibility index (Phi) is 50.7. The van der Waals surface area contributed by atoms with Crippen LogP contribution in [0.5, 0.6) is 0 Å². The summed E-state index contributed by atoms with van der Waals surface area (Å²) in [5.41, 5.74) is 0. The molecule has 0 radical (unpaired) electrons. The van der Waals surface area contributed by atoms with Crippen LogP contribution in [0.4, 0.5) is 0 Å². The average molecular weight is 1060 g/mol. The van der Waals surface area contributed by atoms with Crippen LogP contribution < -0.4 is 5.32 Å². The highest BCUT2D eigenvalue weighted by atomic mass is 16.7. The van der Waals surface area contributed by atoms with Gasteiger partial charge in [-0.3, -0.25) is 4.79 Å². The van der Waals surface area contributed by atoms with Gasteiger partial charge in [0.05, 0.1) is 25.4 Å². The van der Waals surface area contributed by atoms with Crippen molar-refractivity contribution in [2.24, 2.45) is 0 Å². The molecule has 442 valence electrons. The number of aliphatic hydroxyl groups is 7. The Morgan fingerprint density at radius 2 is 0.703 bits per heavy atom. The maximum atomic E-state index is 13.2. The van der Waals surface area contributed by atoms with Crippen molar-refractivity contribution >= 4 is 5.91 Å². The zero-order valence-corrected chi connectivity index (χ0v) is 48.6. The summed E-state index contributed by atoms with van der Waals surface area (Å²) in [5, 5.41) is 76.4. The summed E-state index contributed by atoms with van der Waals surface area (Å²) >= 11 is 0. The first-order valence-corrected chi connectivity index (χ1v) is 32.4. The maximum Gasteiger partial charge on any atom is 0.249 e. The monoisotopic (exact) mass is 1060 g/mol. The molecule has 1 rings (SSSR count). The second-order valence-electron chi connectivity index (χ2n) is 23.2. The van der Waals surface area contributed by atoms with E-state index in [0.717, 1.165) is 38.5 Å². The van der Waals surface area contributed by atoms with Gasteiger partial charge >= 0.3 is 0 Å². The van der Waals surface area contributed by atoms with Crippen molar-refractivity contribution < 1.29 is 50.0 Å². The van der Waals surface area contributed by atoms with Crippen molar-refractivity contribution in [3.05, 3.63) is 0 Å². The molecule has 1 fully saturated rings. The fourth-order valence-electron chi connectivity index (χ4n) is 10.9. The predicted molar refractivity (Wildman–Crippen MR) is 307 cm³/mol. The van der Waals surface area contributed by atoms with Crippen LogP contribution in [0.3, 0.4) is 0 Å². The highest BCUT2D eigenvalue weighted by Gasteiger charge is 2.44. The Morgan fingerprint density at radius 1 is 0.419 bits per heavy atom. The minimum atomic E-state index is -1.66. The molecule has 8 N–H and O–H groups in total. The summed E-state index contributed by atoms with van der Waals surface area (Å²) in [6.07, 6.45) is 50.2. The molecule has 1 saturated heterocycles. The lowest BCUT2D eigenvalue weighted by Crippen LogP contribution is -2.60. The number of aliphatic hydroxyl groups excluding tert-OH is 7. The van der Waals surface area contributed by atoms with Crippen molar-refractivity contribution in [3.8, 4) is 0 Å². The zero-order valence-electron chi connectivity index (χ0n) is 48.6. The number of unbranched alkanes of at least 4 members (excludes halogenated alkanes) is 45. The Morgan fingerprint density at radius 3 is 1.00 bits per heavy atom. The molecule has 1 amide bonds. The summed E-state index contributed by atoms with van der Waals surface area (Å²) in [6.45, 7) is 3.52. The molecule has 1 heterocycles. The van der Waals surface area contributed by atoms with Crippen LogP contribution in [0.2, 0.25) is 0 Å². The molecule has 0 aromatic heterocycles. The lowest BCUT2D eigenvalue weighted by atomic mass is 9.98. The summed E-state index contributed by atoms with van der Waals surface area (Å²) in [6, 6.07) is -1.16. The molecule has 0 spiro atoms. The van der Waals surface area contributed by atoms with Gasteiger partial charge in [0.15, 0.2) is 6.29 Å². The van der Waals surface area contributed by atoms with Crippen molar-refractivity contribution in [2.75, 3.05) is 13.2 Å². The smallest absolute Gasteiger partial charge is 0.249 e. The van der Waals surface area contributed by atoms with Crippen LogP contribution in [0.15, 0.2) is 0 Å². The van der Waals surface area contributed by atoms with Crippen LogP contribution in [0.25, 0.3) is 0 Å². The molecule has 9 unspecified atom stereocenters. The number of ether oxygens (including phenoxy) is 2. The maximum absolute atomic E-state index is 13.2. The minimum Gasteiger partial charge on any atom is -0.394 e. The molecule has 0 aromatic carbocycles. The predicted octanol–water partition coefficient (Wildman–Crippen LogP) is 14.5. The molecular formula is C63H125NO10. The van der Waals surface area contributed by atoms with E-state index in [9.17, 15) is 40.5 Å². The minimum absolute atomic E-state index is 0.267. The van der Waals surface area contributed by atoms with Crippen molar-refractivity contribution in [2.45, 2.75) is 384 Å². The van der Waals surface area contributed by atoms with E-state index in [0.29, 0.717) is 19.3 Å². The molecular weight excluding hydrogens is 931 g/mol. The van der Waals surface area contributed by atoms with Crippen LogP contribution in [-0.2, 0) is 14.3 Å². The van der Waals surface area contributed by atoms with E-state index in [2.05, 4.69) is 19.2 Å². The van der Waals surface area contributed by atoms with Gasteiger partial charge in [0.1, 0.15) is 36.6 Å². The van der Waals surface area contributed by atoms with Crippen molar-refractivity contribution in [3.63, 3.8) is 0 Å². The molecule has 11 heteroatoms. The standard InChI is InChI=1S/C63H125NO10/c1-3-5-7-9-11-13-15-17-19-21-23-25-27-29-31-33-35-37-39-41-43-45-47-49-51-56(67)62(72)64-54(53-73-63-61(71)60(70)59(69)57(52-65)74-63)58(68)55(66)50-48-46-44-42-40-38-36-34-32-30-28-26-24-22-20-18-16-14-12-10-8-6-4-2/h54-61,63,65-71H,3-53H2,1-2H3,(H,64,72). The number of carbonyl (C=O) groups is 1. The number of amides is 1. The quantitative estimate of drug-likeness (QED) is 0.0272. The van der Waals surface area contributed by atoms with Gasteiger partial charge in [0.2, 0.25) is 5.91 Å². The van der Waals surface area contributed by atoms with E-state index in [1.807, 2.05) is 0 Å². The van der Waals surface area contributed by atoms with E-state index in [-0.39, 0.29) is 6.42 Å². The van der Waals surface area contributed by atoms with Gasteiger partial charge in [-0.25, -0.2) is 0 Å². The Labute approximate surface area is 456 Å². The lowest BCUT2D eigenvalue weighted by Gasteiger charge is -2.40. The Balaban J connectivity index is 2.24. The SMILES string of the molecule is CCCCCCCCCCCCCCCCCCCCCCCCCCC(O)C(=O)NC(COC1OC(CO)C(O)C(O)C1O)C(O)C(O)CCCCCCCCCCCCCCCCCCCCCCCCC. The highest BCUT2D eigenvalue weighted by molar-refractivity contribution is 5.80. The normalized spacial score (nSPS) is 19.7. The molecule has 0 bridgehead atoms. The molecule has 11 nitrogen and oxygen atoms in total. The van der Waals surface area contributed by atoms with Gasteiger partial charge in [-0.2, -0.15) is 0 Å². The Bertz CT molecular complexity index is 1160. The number of hydrogen-bond acceptors (Lipinski definition) is 10. The van der Waals surface area contributed by atoms with Crippen LogP contribution >= 0.6 is 0 Å². The van der Waals surface area contributed by atoms with Crippen molar-refractivity contribution in [1.82, 2.24) is 5.32 Å². The first kappa shape index (κ1) is 71.1. The van der Waals surface area contributed by atoms with Crippen molar-refractivity contribution in [1.29, 1.82) is 0 Å². The van der Waals surface area contributed by atoms with Gasteiger partial charge in [0, 0.05) is 0 Å². The van der Waals surface area contributed by atoms with E-state index < -0.39 is 74.2 Å².